The molecule has 200 valence electrons. The lowest BCUT2D eigenvalue weighted by Crippen LogP contribution is -2.47. The zero-order chi connectivity index (χ0) is 26.6. The third-order valence-corrected chi connectivity index (χ3v) is 7.59. The second-order valence-electron chi connectivity index (χ2n) is 9.92. The number of hydrogen-bond acceptors (Lipinski definition) is 6. The number of aliphatic imine (C=N–C) groups is 1. The summed E-state index contributed by atoms with van der Waals surface area (Å²) in [5.74, 6) is 1.44. The summed E-state index contributed by atoms with van der Waals surface area (Å²) in [5.41, 5.74) is 3.94. The number of ether oxygens (including phenoxy) is 2. The highest BCUT2D eigenvalue weighted by molar-refractivity contribution is 6.07. The molecule has 3 aliphatic heterocycles. The minimum absolute atomic E-state index is 0.0663. The van der Waals surface area contributed by atoms with E-state index in [0.29, 0.717) is 23.8 Å². The number of carbonyl (C=O) groups is 1. The molecule has 3 heterocycles. The molecular formula is C31H38N4O3. The summed E-state index contributed by atoms with van der Waals surface area (Å²) in [6.07, 6.45) is 3.93. The van der Waals surface area contributed by atoms with Gasteiger partial charge < -0.3 is 19.3 Å². The van der Waals surface area contributed by atoms with Crippen LogP contribution in [0.1, 0.15) is 42.6 Å². The summed E-state index contributed by atoms with van der Waals surface area (Å²) < 4.78 is 11.9. The van der Waals surface area contributed by atoms with Crippen molar-refractivity contribution in [1.29, 1.82) is 0 Å². The normalized spacial score (nSPS) is 18.9. The first-order valence-electron chi connectivity index (χ1n) is 13.8. The number of piperazine rings is 1. The minimum atomic E-state index is 0.0663. The van der Waals surface area contributed by atoms with Crippen molar-refractivity contribution in [2.45, 2.75) is 39.7 Å². The van der Waals surface area contributed by atoms with Crippen LogP contribution in [0.5, 0.6) is 11.5 Å². The maximum atomic E-state index is 13.2. The highest BCUT2D eigenvalue weighted by Crippen LogP contribution is 2.37. The van der Waals surface area contributed by atoms with E-state index in [2.05, 4.69) is 46.0 Å². The molecule has 3 aromatic rings. The van der Waals surface area contributed by atoms with Crippen LogP contribution in [0.4, 0.5) is 11.4 Å². The molecular weight excluding hydrogens is 476 g/mol. The van der Waals surface area contributed by atoms with Gasteiger partial charge in [0.1, 0.15) is 6.73 Å². The summed E-state index contributed by atoms with van der Waals surface area (Å²) >= 11 is 0. The van der Waals surface area contributed by atoms with Crippen LogP contribution < -0.4 is 14.4 Å². The molecule has 0 radical (unpaired) electrons. The topological polar surface area (TPSA) is 57.6 Å². The van der Waals surface area contributed by atoms with E-state index in [1.54, 1.807) is 7.11 Å². The Morgan fingerprint density at radius 3 is 2.37 bits per heavy atom. The molecule has 2 saturated heterocycles. The van der Waals surface area contributed by atoms with E-state index in [1.165, 1.54) is 11.3 Å². The van der Waals surface area contributed by atoms with E-state index in [0.717, 1.165) is 62.0 Å². The summed E-state index contributed by atoms with van der Waals surface area (Å²) in [6.45, 7) is 11.2. The van der Waals surface area contributed by atoms with Gasteiger partial charge in [0.15, 0.2) is 11.5 Å². The van der Waals surface area contributed by atoms with Crippen LogP contribution in [0.15, 0.2) is 53.5 Å². The molecule has 7 heteroatoms. The molecule has 0 N–H and O–H groups in total. The number of nitrogens with zero attached hydrogens (tertiary/aromatic N) is 4. The van der Waals surface area contributed by atoms with Crippen molar-refractivity contribution < 1.29 is 14.3 Å². The fourth-order valence-corrected chi connectivity index (χ4v) is 5.42. The Labute approximate surface area is 225 Å². The van der Waals surface area contributed by atoms with Gasteiger partial charge in [-0.2, -0.15) is 0 Å². The number of benzene rings is 3. The SMILES string of the molecule is CC.COc1cc2cc3c(cc2cc1OCN1CCN(c2ccc(C)cc2)CC1)C(=O)N1CCCC1C=N3. The summed E-state index contributed by atoms with van der Waals surface area (Å²) in [4.78, 5) is 24.6. The number of methoxy groups -OCH3 is 1. The number of fused-ring (bicyclic) bond motifs is 3. The van der Waals surface area contributed by atoms with Gasteiger partial charge in [0, 0.05) is 44.6 Å². The zero-order valence-electron chi connectivity index (χ0n) is 22.9. The smallest absolute Gasteiger partial charge is 0.256 e. The van der Waals surface area contributed by atoms with Crippen LogP contribution in [0.3, 0.4) is 0 Å². The second-order valence-corrected chi connectivity index (χ2v) is 9.92. The monoisotopic (exact) mass is 514 g/mol. The van der Waals surface area contributed by atoms with Crippen molar-refractivity contribution in [3.63, 3.8) is 0 Å². The van der Waals surface area contributed by atoms with Crippen LogP contribution in [0, 0.1) is 6.92 Å². The second kappa shape index (κ2) is 11.4. The van der Waals surface area contributed by atoms with Crippen LogP contribution in [-0.4, -0.2) is 74.5 Å². The van der Waals surface area contributed by atoms with Gasteiger partial charge in [-0.15, -0.1) is 0 Å². The first-order valence-corrected chi connectivity index (χ1v) is 13.8. The third kappa shape index (κ3) is 5.20. The lowest BCUT2D eigenvalue weighted by atomic mass is 10.0. The van der Waals surface area contributed by atoms with Crippen molar-refractivity contribution in [2.75, 3.05) is 51.5 Å². The lowest BCUT2D eigenvalue weighted by molar-refractivity contribution is 0.0775. The maximum absolute atomic E-state index is 13.2. The predicted molar refractivity (Wildman–Crippen MR) is 155 cm³/mol. The van der Waals surface area contributed by atoms with Crippen molar-refractivity contribution >= 4 is 34.3 Å². The standard InChI is InChI=1S/C29H32N4O3.C2H6/c1-20-5-7-23(8-6-20)32-12-10-31(11-13-32)19-36-28-17-21-14-25-26(15-22(21)16-27(28)35-2)30-18-24-4-3-9-33(24)29(25)34;1-2/h5-8,14-18,24H,3-4,9-13,19H2,1-2H3;1-2H3. The van der Waals surface area contributed by atoms with Crippen LogP contribution >= 0.6 is 0 Å². The fourth-order valence-electron chi connectivity index (χ4n) is 5.42. The Morgan fingerprint density at radius 1 is 0.921 bits per heavy atom. The molecule has 3 aliphatic rings. The first-order chi connectivity index (χ1) is 18.6. The van der Waals surface area contributed by atoms with Crippen molar-refractivity contribution in [1.82, 2.24) is 9.80 Å². The van der Waals surface area contributed by atoms with Crippen LogP contribution in [0.25, 0.3) is 10.8 Å². The number of rotatable bonds is 5. The summed E-state index contributed by atoms with van der Waals surface area (Å²) in [6, 6.07) is 16.7. The Morgan fingerprint density at radius 2 is 1.63 bits per heavy atom. The fraction of sp³-hybridized carbons (Fsp3) is 0.419. The Hall–Kier alpha value is -3.58. The molecule has 7 nitrogen and oxygen atoms in total. The van der Waals surface area contributed by atoms with Gasteiger partial charge in [-0.1, -0.05) is 31.5 Å². The van der Waals surface area contributed by atoms with E-state index < -0.39 is 0 Å². The highest BCUT2D eigenvalue weighted by atomic mass is 16.5. The largest absolute Gasteiger partial charge is 0.493 e. The molecule has 3 aromatic carbocycles. The van der Waals surface area contributed by atoms with Gasteiger partial charge in [0.05, 0.1) is 24.4 Å². The predicted octanol–water partition coefficient (Wildman–Crippen LogP) is 5.66. The molecule has 1 amide bonds. The Bertz CT molecular complexity index is 1310. The quantitative estimate of drug-likeness (QED) is 0.440. The average Bonchev–Trinajstić information content (AvgIpc) is 3.39. The van der Waals surface area contributed by atoms with E-state index in [9.17, 15) is 4.79 Å². The molecule has 0 spiro atoms. The van der Waals surface area contributed by atoms with Crippen LogP contribution in [-0.2, 0) is 0 Å². The number of carbonyl (C=O) groups excluding carboxylic acids is 1. The van der Waals surface area contributed by atoms with Gasteiger partial charge in [-0.3, -0.25) is 14.7 Å². The van der Waals surface area contributed by atoms with Gasteiger partial charge in [-0.25, -0.2) is 0 Å². The molecule has 2 fully saturated rings. The molecule has 0 aromatic heterocycles. The molecule has 0 saturated carbocycles. The maximum Gasteiger partial charge on any atom is 0.256 e. The number of anilines is 1. The van der Waals surface area contributed by atoms with Gasteiger partial charge in [0.25, 0.3) is 5.91 Å². The summed E-state index contributed by atoms with van der Waals surface area (Å²) in [7, 11) is 1.66. The van der Waals surface area contributed by atoms with Gasteiger partial charge >= 0.3 is 0 Å². The van der Waals surface area contributed by atoms with Crippen molar-refractivity contribution in [2.24, 2.45) is 4.99 Å². The van der Waals surface area contributed by atoms with Crippen molar-refractivity contribution in [3.8, 4) is 11.5 Å². The number of aryl methyl sites for hydroxylation is 1. The third-order valence-electron chi connectivity index (χ3n) is 7.59. The Balaban J connectivity index is 0.00000144. The van der Waals surface area contributed by atoms with Gasteiger partial charge in [-0.05, 0) is 66.9 Å². The number of hydrogen-bond donors (Lipinski definition) is 0. The molecule has 0 aliphatic carbocycles. The molecule has 0 bridgehead atoms. The minimum Gasteiger partial charge on any atom is -0.493 e. The van der Waals surface area contributed by atoms with E-state index in [4.69, 9.17) is 9.47 Å². The van der Waals surface area contributed by atoms with E-state index in [1.807, 2.05) is 49.2 Å². The molecule has 1 unspecified atom stereocenters. The summed E-state index contributed by atoms with van der Waals surface area (Å²) in [5, 5.41) is 1.94. The zero-order valence-corrected chi connectivity index (χ0v) is 22.9. The van der Waals surface area contributed by atoms with Gasteiger partial charge in [0.2, 0.25) is 0 Å². The molecule has 38 heavy (non-hydrogen) atoms. The van der Waals surface area contributed by atoms with E-state index >= 15 is 0 Å². The van der Waals surface area contributed by atoms with Crippen LogP contribution in [0.2, 0.25) is 0 Å². The lowest BCUT2D eigenvalue weighted by Gasteiger charge is -2.35. The first kappa shape index (κ1) is 26.0. The molecule has 6 rings (SSSR count). The van der Waals surface area contributed by atoms with Crippen molar-refractivity contribution in [3.05, 3.63) is 59.7 Å². The Kier molecular flexibility index (Phi) is 7.84. The number of amides is 1. The van der Waals surface area contributed by atoms with E-state index in [-0.39, 0.29) is 11.9 Å². The average molecular weight is 515 g/mol. The molecule has 1 atom stereocenters. The highest BCUT2D eigenvalue weighted by Gasteiger charge is 2.32.